The summed E-state index contributed by atoms with van der Waals surface area (Å²) >= 11 is 5.83. The van der Waals surface area contributed by atoms with Gasteiger partial charge in [-0.25, -0.2) is 0 Å². The third-order valence-electron chi connectivity index (χ3n) is 4.93. The van der Waals surface area contributed by atoms with Crippen molar-refractivity contribution in [3.8, 4) is 11.5 Å². The van der Waals surface area contributed by atoms with Crippen LogP contribution in [-0.2, 0) is 14.3 Å². The summed E-state index contributed by atoms with van der Waals surface area (Å²) in [5, 5.41) is 0.509. The van der Waals surface area contributed by atoms with E-state index in [-0.39, 0.29) is 24.7 Å². The lowest BCUT2D eigenvalue weighted by atomic mass is 10.1. The first-order valence-corrected chi connectivity index (χ1v) is 9.74. The lowest BCUT2D eigenvalue weighted by Gasteiger charge is -2.20. The zero-order chi connectivity index (χ0) is 21.8. The molecular weight excluding hydrogens is 410 g/mol. The fraction of sp³-hybridized carbons (Fsp3) is 0.318. The Hall–Kier alpha value is -3.06. The molecule has 1 amide bonds. The molecule has 1 saturated heterocycles. The van der Waals surface area contributed by atoms with Crippen molar-refractivity contribution in [2.24, 2.45) is 5.92 Å². The summed E-state index contributed by atoms with van der Waals surface area (Å²) < 4.78 is 15.9. The molecule has 0 bridgehead atoms. The van der Waals surface area contributed by atoms with E-state index in [0.29, 0.717) is 27.8 Å². The van der Waals surface area contributed by atoms with Crippen LogP contribution in [0.2, 0.25) is 5.02 Å². The number of anilines is 1. The fourth-order valence-electron chi connectivity index (χ4n) is 3.28. The number of methoxy groups -OCH3 is 2. The normalized spacial score (nSPS) is 16.9. The van der Waals surface area contributed by atoms with E-state index in [1.807, 2.05) is 0 Å². The van der Waals surface area contributed by atoms with E-state index in [2.05, 4.69) is 0 Å². The van der Waals surface area contributed by atoms with Gasteiger partial charge in [-0.15, -0.1) is 0 Å². The highest BCUT2D eigenvalue weighted by Gasteiger charge is 2.38. The molecule has 158 valence electrons. The van der Waals surface area contributed by atoms with E-state index in [9.17, 15) is 14.4 Å². The van der Waals surface area contributed by atoms with Crippen LogP contribution in [0, 0.1) is 5.92 Å². The first-order chi connectivity index (χ1) is 14.3. The van der Waals surface area contributed by atoms with Gasteiger partial charge >= 0.3 is 5.97 Å². The Labute approximate surface area is 179 Å². The van der Waals surface area contributed by atoms with E-state index in [1.165, 1.54) is 26.0 Å². The molecule has 0 saturated carbocycles. The lowest BCUT2D eigenvalue weighted by molar-refractivity contribution is -0.151. The lowest BCUT2D eigenvalue weighted by Crippen LogP contribution is -2.30. The van der Waals surface area contributed by atoms with Gasteiger partial charge in [0.1, 0.15) is 11.5 Å². The smallest absolute Gasteiger partial charge is 0.312 e. The quantitative estimate of drug-likeness (QED) is 0.492. The van der Waals surface area contributed by atoms with Gasteiger partial charge in [0, 0.05) is 29.6 Å². The number of hydrogen-bond acceptors (Lipinski definition) is 6. The molecule has 0 N–H and O–H groups in total. The van der Waals surface area contributed by atoms with Crippen LogP contribution < -0.4 is 14.4 Å². The highest BCUT2D eigenvalue weighted by Crippen LogP contribution is 2.36. The summed E-state index contributed by atoms with van der Waals surface area (Å²) in [6, 6.07) is 11.4. The first-order valence-electron chi connectivity index (χ1n) is 9.36. The Morgan fingerprint density at radius 3 is 2.43 bits per heavy atom. The maximum atomic E-state index is 12.6. The zero-order valence-electron chi connectivity index (χ0n) is 16.9. The second-order valence-corrected chi connectivity index (χ2v) is 7.33. The molecule has 30 heavy (non-hydrogen) atoms. The summed E-state index contributed by atoms with van der Waals surface area (Å²) in [6.45, 7) is 1.65. The minimum absolute atomic E-state index is 0.00410. The molecule has 2 atom stereocenters. The second-order valence-electron chi connectivity index (χ2n) is 6.89. The molecule has 3 rings (SSSR count). The Balaban J connectivity index is 1.68. The van der Waals surface area contributed by atoms with Crippen LogP contribution in [0.3, 0.4) is 0 Å². The number of ketones is 1. The van der Waals surface area contributed by atoms with Gasteiger partial charge in [0.05, 0.1) is 25.8 Å². The molecule has 2 aromatic carbocycles. The Morgan fingerprint density at radius 1 is 1.10 bits per heavy atom. The molecule has 1 fully saturated rings. The minimum Gasteiger partial charge on any atom is -0.497 e. The second kappa shape index (κ2) is 9.17. The molecule has 0 radical (unpaired) electrons. The average molecular weight is 432 g/mol. The Bertz CT molecular complexity index is 959. The number of benzene rings is 2. The number of rotatable bonds is 7. The van der Waals surface area contributed by atoms with E-state index >= 15 is 0 Å². The van der Waals surface area contributed by atoms with Crippen LogP contribution in [0.4, 0.5) is 5.69 Å². The zero-order valence-corrected chi connectivity index (χ0v) is 17.6. The number of ether oxygens (including phenoxy) is 3. The van der Waals surface area contributed by atoms with E-state index in [4.69, 9.17) is 25.8 Å². The maximum absolute atomic E-state index is 12.6. The first kappa shape index (κ1) is 21.6. The van der Waals surface area contributed by atoms with Gasteiger partial charge in [0.25, 0.3) is 0 Å². The molecule has 0 spiro atoms. The van der Waals surface area contributed by atoms with Crippen molar-refractivity contribution in [2.45, 2.75) is 19.4 Å². The Kier molecular flexibility index (Phi) is 6.62. The SMILES string of the molecule is COc1ccc(N2C[C@H](C(=O)O[C@@H](C)C(=O)c3ccc(Cl)cc3)CC2=O)c(OC)c1. The van der Waals surface area contributed by atoms with Crippen LogP contribution in [0.1, 0.15) is 23.7 Å². The third kappa shape index (κ3) is 4.57. The number of esters is 1. The molecule has 1 aliphatic rings. The highest BCUT2D eigenvalue weighted by atomic mass is 35.5. The monoisotopic (exact) mass is 431 g/mol. The molecule has 7 nitrogen and oxygen atoms in total. The van der Waals surface area contributed by atoms with E-state index in [1.54, 1.807) is 42.5 Å². The molecule has 1 aliphatic heterocycles. The molecule has 2 aromatic rings. The van der Waals surface area contributed by atoms with Crippen LogP contribution in [0.15, 0.2) is 42.5 Å². The predicted molar refractivity (Wildman–Crippen MR) is 111 cm³/mol. The van der Waals surface area contributed by atoms with Crippen molar-refractivity contribution in [1.82, 2.24) is 0 Å². The largest absolute Gasteiger partial charge is 0.497 e. The van der Waals surface area contributed by atoms with Gasteiger partial charge < -0.3 is 19.1 Å². The summed E-state index contributed by atoms with van der Waals surface area (Å²) in [4.78, 5) is 39.1. The number of hydrogen-bond donors (Lipinski definition) is 0. The van der Waals surface area contributed by atoms with Crippen molar-refractivity contribution >= 4 is 34.9 Å². The fourth-order valence-corrected chi connectivity index (χ4v) is 3.41. The van der Waals surface area contributed by atoms with Gasteiger partial charge in [-0.3, -0.25) is 14.4 Å². The van der Waals surface area contributed by atoms with Gasteiger partial charge in [-0.1, -0.05) is 11.6 Å². The summed E-state index contributed by atoms with van der Waals surface area (Å²) in [7, 11) is 3.03. The average Bonchev–Trinajstić information content (AvgIpc) is 3.14. The Morgan fingerprint density at radius 2 is 1.80 bits per heavy atom. The van der Waals surface area contributed by atoms with Gasteiger partial charge in [0.2, 0.25) is 11.7 Å². The number of nitrogens with zero attached hydrogens (tertiary/aromatic N) is 1. The summed E-state index contributed by atoms with van der Waals surface area (Å²) in [5.74, 6) is -0.774. The standard InChI is InChI=1S/C22H22ClNO6/c1-13(21(26)14-4-6-16(23)7-5-14)30-22(27)15-10-20(25)24(12-15)18-9-8-17(28-2)11-19(18)29-3/h4-9,11,13,15H,10,12H2,1-3H3/t13-,15+/m0/s1. The van der Waals surface area contributed by atoms with E-state index < -0.39 is 18.0 Å². The summed E-state index contributed by atoms with van der Waals surface area (Å²) in [5.41, 5.74) is 0.940. The highest BCUT2D eigenvalue weighted by molar-refractivity contribution is 6.30. The minimum atomic E-state index is -0.974. The number of amides is 1. The van der Waals surface area contributed by atoms with Crippen molar-refractivity contribution in [1.29, 1.82) is 0 Å². The van der Waals surface area contributed by atoms with Crippen molar-refractivity contribution in [3.05, 3.63) is 53.1 Å². The van der Waals surface area contributed by atoms with Crippen molar-refractivity contribution in [2.75, 3.05) is 25.7 Å². The predicted octanol–water partition coefficient (Wildman–Crippen LogP) is 3.52. The third-order valence-corrected chi connectivity index (χ3v) is 5.18. The van der Waals surface area contributed by atoms with Gasteiger partial charge in [-0.2, -0.15) is 0 Å². The van der Waals surface area contributed by atoms with Crippen LogP contribution in [0.5, 0.6) is 11.5 Å². The van der Waals surface area contributed by atoms with Crippen molar-refractivity contribution < 1.29 is 28.6 Å². The van der Waals surface area contributed by atoms with E-state index in [0.717, 1.165) is 0 Å². The molecule has 0 unspecified atom stereocenters. The molecule has 1 heterocycles. The van der Waals surface area contributed by atoms with Gasteiger partial charge in [0.15, 0.2) is 6.10 Å². The molecule has 8 heteroatoms. The maximum Gasteiger partial charge on any atom is 0.312 e. The number of Topliss-reactive ketones (excluding diaryl/α,β-unsaturated/α-hetero) is 1. The van der Waals surface area contributed by atoms with Crippen LogP contribution in [-0.4, -0.2) is 44.5 Å². The molecule has 0 aliphatic carbocycles. The number of carbonyl (C=O) groups excluding carboxylic acids is 3. The molecule has 0 aromatic heterocycles. The topological polar surface area (TPSA) is 82.1 Å². The number of halogens is 1. The summed E-state index contributed by atoms with van der Waals surface area (Å²) in [6.07, 6.45) is -0.978. The van der Waals surface area contributed by atoms with Crippen LogP contribution in [0.25, 0.3) is 0 Å². The van der Waals surface area contributed by atoms with Crippen LogP contribution >= 0.6 is 11.6 Å². The van der Waals surface area contributed by atoms with Gasteiger partial charge in [-0.05, 0) is 43.3 Å². The number of carbonyl (C=O) groups is 3. The van der Waals surface area contributed by atoms with Crippen molar-refractivity contribution in [3.63, 3.8) is 0 Å². The molecular formula is C22H22ClNO6.